The topological polar surface area (TPSA) is 49.4 Å². The van der Waals surface area contributed by atoms with Gasteiger partial charge in [0.1, 0.15) is 0 Å². The third-order valence-electron chi connectivity index (χ3n) is 5.94. The predicted octanol–water partition coefficient (Wildman–Crippen LogP) is 4.74. The van der Waals surface area contributed by atoms with E-state index in [0.717, 1.165) is 25.0 Å². The van der Waals surface area contributed by atoms with Crippen LogP contribution in [0.3, 0.4) is 0 Å². The van der Waals surface area contributed by atoms with Gasteiger partial charge in [0.05, 0.1) is 11.5 Å². The summed E-state index contributed by atoms with van der Waals surface area (Å²) in [6.07, 6.45) is -2.33. The number of nitrogens with zero attached hydrogens (tertiary/aromatic N) is 1. The zero-order chi connectivity index (χ0) is 22.2. The third-order valence-corrected chi connectivity index (χ3v) is 6.19. The standard InChI is InChI=1S/C23H22ClF3N2O2/c24-18-8-6-15(7-9-18)22(31)29-12-19(16-2-1-3-17(10-16)23(25,26)27)20(13-29)21(30)28-11-14-4-5-14/h1-3,6-10,14,19-20H,4-5,11-13H2,(H,28,30)/t19-,20+/m1/s1. The Labute approximate surface area is 183 Å². The first kappa shape index (κ1) is 21.7. The molecule has 4 rings (SSSR count). The highest BCUT2D eigenvalue weighted by Gasteiger charge is 2.42. The van der Waals surface area contributed by atoms with Crippen LogP contribution in [0.2, 0.25) is 5.02 Å². The fourth-order valence-electron chi connectivity index (χ4n) is 3.99. The van der Waals surface area contributed by atoms with Crippen LogP contribution in [0.15, 0.2) is 48.5 Å². The van der Waals surface area contributed by atoms with E-state index in [4.69, 9.17) is 11.6 Å². The van der Waals surface area contributed by atoms with Crippen LogP contribution in [0.1, 0.15) is 40.2 Å². The SMILES string of the molecule is O=C(NCC1CC1)[C@H]1CN(C(=O)c2ccc(Cl)cc2)C[C@@H]1c1cccc(C(F)(F)F)c1. The molecule has 2 fully saturated rings. The van der Waals surface area contributed by atoms with Gasteiger partial charge in [-0.2, -0.15) is 13.2 Å². The van der Waals surface area contributed by atoms with Gasteiger partial charge in [-0.05, 0) is 54.7 Å². The first-order valence-corrected chi connectivity index (χ1v) is 10.6. The normalized spacial score (nSPS) is 21.2. The van der Waals surface area contributed by atoms with Gasteiger partial charge in [-0.3, -0.25) is 9.59 Å². The maximum atomic E-state index is 13.2. The smallest absolute Gasteiger partial charge is 0.356 e. The van der Waals surface area contributed by atoms with Crippen molar-refractivity contribution in [3.63, 3.8) is 0 Å². The average molecular weight is 451 g/mol. The molecule has 2 aliphatic rings. The number of rotatable bonds is 5. The molecule has 1 saturated heterocycles. The quantitative estimate of drug-likeness (QED) is 0.715. The Morgan fingerprint density at radius 3 is 2.42 bits per heavy atom. The van der Waals surface area contributed by atoms with Crippen LogP contribution < -0.4 is 5.32 Å². The van der Waals surface area contributed by atoms with E-state index in [2.05, 4.69) is 5.32 Å². The number of nitrogens with one attached hydrogen (secondary N) is 1. The summed E-state index contributed by atoms with van der Waals surface area (Å²) in [5, 5.41) is 3.42. The van der Waals surface area contributed by atoms with Gasteiger partial charge in [-0.15, -0.1) is 0 Å². The molecule has 1 aliphatic heterocycles. The average Bonchev–Trinajstić information content (AvgIpc) is 3.47. The Morgan fingerprint density at radius 2 is 1.77 bits per heavy atom. The van der Waals surface area contributed by atoms with Crippen LogP contribution in [0, 0.1) is 11.8 Å². The Balaban J connectivity index is 1.59. The molecule has 1 N–H and O–H groups in total. The Morgan fingerprint density at radius 1 is 1.06 bits per heavy atom. The van der Waals surface area contributed by atoms with Gasteiger partial charge in [0.2, 0.25) is 5.91 Å². The van der Waals surface area contributed by atoms with Gasteiger partial charge in [0.15, 0.2) is 0 Å². The molecule has 2 atom stereocenters. The maximum absolute atomic E-state index is 13.2. The molecular formula is C23H22ClF3N2O2. The molecule has 0 bridgehead atoms. The fraction of sp³-hybridized carbons (Fsp3) is 0.391. The second-order valence-electron chi connectivity index (χ2n) is 8.24. The highest BCUT2D eigenvalue weighted by atomic mass is 35.5. The van der Waals surface area contributed by atoms with E-state index >= 15 is 0 Å². The molecule has 0 radical (unpaired) electrons. The van der Waals surface area contributed by atoms with Crippen LogP contribution in [-0.2, 0) is 11.0 Å². The van der Waals surface area contributed by atoms with E-state index < -0.39 is 23.6 Å². The summed E-state index contributed by atoms with van der Waals surface area (Å²) in [5.41, 5.74) is 0.0728. The van der Waals surface area contributed by atoms with Crippen molar-refractivity contribution >= 4 is 23.4 Å². The molecule has 8 heteroatoms. The Bertz CT molecular complexity index is 974. The van der Waals surface area contributed by atoms with E-state index in [1.807, 2.05) is 0 Å². The van der Waals surface area contributed by atoms with Crippen molar-refractivity contribution in [2.24, 2.45) is 11.8 Å². The minimum atomic E-state index is -4.48. The first-order valence-electron chi connectivity index (χ1n) is 10.2. The second-order valence-corrected chi connectivity index (χ2v) is 8.68. The summed E-state index contributed by atoms with van der Waals surface area (Å²) >= 11 is 5.89. The van der Waals surface area contributed by atoms with Crippen molar-refractivity contribution in [2.75, 3.05) is 19.6 Å². The van der Waals surface area contributed by atoms with Crippen molar-refractivity contribution in [3.05, 3.63) is 70.2 Å². The van der Waals surface area contributed by atoms with Crippen LogP contribution >= 0.6 is 11.6 Å². The van der Waals surface area contributed by atoms with Crippen molar-refractivity contribution in [1.82, 2.24) is 10.2 Å². The number of carbonyl (C=O) groups excluding carboxylic acids is 2. The van der Waals surface area contributed by atoms with Crippen LogP contribution in [0.25, 0.3) is 0 Å². The number of alkyl halides is 3. The Kier molecular flexibility index (Phi) is 5.97. The molecule has 2 aromatic carbocycles. The van der Waals surface area contributed by atoms with E-state index in [0.29, 0.717) is 28.6 Å². The van der Waals surface area contributed by atoms with E-state index in [9.17, 15) is 22.8 Å². The number of halogens is 4. The third kappa shape index (κ3) is 5.03. The van der Waals surface area contributed by atoms with E-state index in [-0.39, 0.29) is 24.9 Å². The molecule has 4 nitrogen and oxygen atoms in total. The molecule has 0 aromatic heterocycles. The highest BCUT2D eigenvalue weighted by molar-refractivity contribution is 6.30. The van der Waals surface area contributed by atoms with Crippen molar-refractivity contribution < 1.29 is 22.8 Å². The number of amides is 2. The summed E-state index contributed by atoms with van der Waals surface area (Å²) < 4.78 is 39.7. The zero-order valence-corrected chi connectivity index (χ0v) is 17.4. The first-order chi connectivity index (χ1) is 14.7. The van der Waals surface area contributed by atoms with Crippen LogP contribution in [0.5, 0.6) is 0 Å². The fourth-order valence-corrected chi connectivity index (χ4v) is 4.12. The number of benzene rings is 2. The second kappa shape index (κ2) is 8.54. The summed E-state index contributed by atoms with van der Waals surface area (Å²) in [6, 6.07) is 11.5. The largest absolute Gasteiger partial charge is 0.416 e. The minimum Gasteiger partial charge on any atom is -0.356 e. The van der Waals surface area contributed by atoms with Gasteiger partial charge in [-0.1, -0.05) is 29.8 Å². The molecule has 1 saturated carbocycles. The van der Waals surface area contributed by atoms with Crippen LogP contribution in [0.4, 0.5) is 13.2 Å². The van der Waals surface area contributed by atoms with Crippen molar-refractivity contribution in [3.8, 4) is 0 Å². The molecule has 1 heterocycles. The molecule has 2 amide bonds. The lowest BCUT2D eigenvalue weighted by atomic mass is 9.87. The summed E-state index contributed by atoms with van der Waals surface area (Å²) in [7, 11) is 0. The molecule has 2 aromatic rings. The van der Waals surface area contributed by atoms with Crippen molar-refractivity contribution in [2.45, 2.75) is 24.9 Å². The molecule has 31 heavy (non-hydrogen) atoms. The molecule has 164 valence electrons. The van der Waals surface area contributed by atoms with E-state index in [1.165, 1.54) is 11.0 Å². The van der Waals surface area contributed by atoms with Gasteiger partial charge < -0.3 is 10.2 Å². The van der Waals surface area contributed by atoms with Crippen molar-refractivity contribution in [1.29, 1.82) is 0 Å². The maximum Gasteiger partial charge on any atom is 0.416 e. The van der Waals surface area contributed by atoms with Gasteiger partial charge in [0, 0.05) is 36.1 Å². The lowest BCUT2D eigenvalue weighted by molar-refractivity contribution is -0.137. The molecule has 0 spiro atoms. The predicted molar refractivity (Wildman–Crippen MR) is 111 cm³/mol. The molecule has 1 aliphatic carbocycles. The lowest BCUT2D eigenvalue weighted by Gasteiger charge is -2.19. The number of hydrogen-bond acceptors (Lipinski definition) is 2. The van der Waals surface area contributed by atoms with Crippen LogP contribution in [-0.4, -0.2) is 36.3 Å². The molecular weight excluding hydrogens is 429 g/mol. The summed E-state index contributed by atoms with van der Waals surface area (Å²) in [5.74, 6) is -1.15. The minimum absolute atomic E-state index is 0.152. The summed E-state index contributed by atoms with van der Waals surface area (Å²) in [6.45, 7) is 0.888. The number of hydrogen-bond donors (Lipinski definition) is 1. The lowest BCUT2D eigenvalue weighted by Crippen LogP contribution is -2.36. The van der Waals surface area contributed by atoms with Gasteiger partial charge in [0.25, 0.3) is 5.91 Å². The zero-order valence-electron chi connectivity index (χ0n) is 16.7. The molecule has 0 unspecified atom stereocenters. The highest BCUT2D eigenvalue weighted by Crippen LogP contribution is 2.37. The monoisotopic (exact) mass is 450 g/mol. The van der Waals surface area contributed by atoms with Gasteiger partial charge >= 0.3 is 6.18 Å². The number of carbonyl (C=O) groups is 2. The number of likely N-dealkylation sites (tertiary alicyclic amines) is 1. The summed E-state index contributed by atoms with van der Waals surface area (Å²) in [4.78, 5) is 27.4. The van der Waals surface area contributed by atoms with Gasteiger partial charge in [-0.25, -0.2) is 0 Å². The van der Waals surface area contributed by atoms with E-state index in [1.54, 1.807) is 30.3 Å². The Hall–Kier alpha value is -2.54.